The van der Waals surface area contributed by atoms with E-state index in [9.17, 15) is 0 Å². The Kier molecular flexibility index (Phi) is 4.58. The number of aromatic nitrogens is 3. The molecule has 0 radical (unpaired) electrons. The number of hydrogen-bond donors (Lipinski definition) is 1. The van der Waals surface area contributed by atoms with Gasteiger partial charge in [-0.05, 0) is 46.3 Å². The standard InChI is InChI=1S/C14H27N5/c1-5-15-13(12-11-16-17-18(12)4)14(2,3)19-9-7-6-8-10-19/h11,13,15H,5-10H2,1-4H3. The van der Waals surface area contributed by atoms with E-state index in [1.165, 1.54) is 32.4 Å². The van der Waals surface area contributed by atoms with Gasteiger partial charge >= 0.3 is 0 Å². The first-order chi connectivity index (χ1) is 9.07. The maximum absolute atomic E-state index is 4.09. The van der Waals surface area contributed by atoms with E-state index >= 15 is 0 Å². The van der Waals surface area contributed by atoms with E-state index < -0.39 is 0 Å². The molecule has 1 atom stereocenters. The van der Waals surface area contributed by atoms with Crippen LogP contribution in [0.25, 0.3) is 0 Å². The summed E-state index contributed by atoms with van der Waals surface area (Å²) in [5.41, 5.74) is 1.24. The second kappa shape index (κ2) is 6.01. The maximum Gasteiger partial charge on any atom is 0.0771 e. The van der Waals surface area contributed by atoms with Crippen LogP contribution in [0, 0.1) is 0 Å². The lowest BCUT2D eigenvalue weighted by atomic mass is 9.88. The normalized spacial score (nSPS) is 19.6. The number of nitrogens with zero attached hydrogens (tertiary/aromatic N) is 4. The van der Waals surface area contributed by atoms with Crippen molar-refractivity contribution in [3.05, 3.63) is 11.9 Å². The van der Waals surface area contributed by atoms with Crippen molar-refractivity contribution in [2.75, 3.05) is 19.6 Å². The van der Waals surface area contributed by atoms with Crippen molar-refractivity contribution in [2.45, 2.75) is 51.6 Å². The Balaban J connectivity index is 2.24. The Labute approximate surface area is 116 Å². The average molecular weight is 265 g/mol. The molecule has 5 heteroatoms. The molecule has 0 bridgehead atoms. The van der Waals surface area contributed by atoms with Gasteiger partial charge < -0.3 is 5.32 Å². The van der Waals surface area contributed by atoms with Gasteiger partial charge in [0.05, 0.1) is 17.9 Å². The van der Waals surface area contributed by atoms with Crippen molar-refractivity contribution in [3.8, 4) is 0 Å². The highest BCUT2D eigenvalue weighted by atomic mass is 15.4. The second-order valence-electron chi connectivity index (χ2n) is 5.97. The number of hydrogen-bond acceptors (Lipinski definition) is 4. The fraction of sp³-hybridized carbons (Fsp3) is 0.857. The summed E-state index contributed by atoms with van der Waals surface area (Å²) >= 11 is 0. The highest BCUT2D eigenvalue weighted by Gasteiger charge is 2.38. The molecule has 1 aliphatic heterocycles. The molecule has 1 saturated heterocycles. The average Bonchev–Trinajstić information content (AvgIpc) is 2.83. The molecule has 5 nitrogen and oxygen atoms in total. The first-order valence-electron chi connectivity index (χ1n) is 7.40. The largest absolute Gasteiger partial charge is 0.307 e. The Morgan fingerprint density at radius 3 is 2.53 bits per heavy atom. The SMILES string of the molecule is CCNC(c1cnnn1C)C(C)(C)N1CCCCC1. The van der Waals surface area contributed by atoms with E-state index in [-0.39, 0.29) is 11.6 Å². The zero-order valence-corrected chi connectivity index (χ0v) is 12.7. The van der Waals surface area contributed by atoms with Crippen LogP contribution < -0.4 is 5.32 Å². The summed E-state index contributed by atoms with van der Waals surface area (Å²) < 4.78 is 1.89. The van der Waals surface area contributed by atoms with Gasteiger partial charge in [-0.1, -0.05) is 18.6 Å². The van der Waals surface area contributed by atoms with Gasteiger partial charge in [0.25, 0.3) is 0 Å². The van der Waals surface area contributed by atoms with E-state index in [1.807, 2.05) is 17.9 Å². The molecule has 1 aliphatic rings. The van der Waals surface area contributed by atoms with Gasteiger partial charge in [-0.2, -0.15) is 0 Å². The summed E-state index contributed by atoms with van der Waals surface area (Å²) in [6.45, 7) is 10.2. The lowest BCUT2D eigenvalue weighted by Crippen LogP contribution is -2.54. The zero-order valence-electron chi connectivity index (χ0n) is 12.7. The zero-order chi connectivity index (χ0) is 13.9. The minimum Gasteiger partial charge on any atom is -0.307 e. The first kappa shape index (κ1) is 14.5. The monoisotopic (exact) mass is 265 g/mol. The smallest absolute Gasteiger partial charge is 0.0771 e. The number of aryl methyl sites for hydroxylation is 1. The molecule has 1 unspecified atom stereocenters. The van der Waals surface area contributed by atoms with Crippen LogP contribution in [0.5, 0.6) is 0 Å². The van der Waals surface area contributed by atoms with Crippen LogP contribution in [-0.4, -0.2) is 45.1 Å². The molecule has 2 rings (SSSR count). The molecule has 0 spiro atoms. The molecule has 1 fully saturated rings. The summed E-state index contributed by atoms with van der Waals surface area (Å²) in [5.74, 6) is 0. The lowest BCUT2D eigenvalue weighted by molar-refractivity contribution is 0.0587. The minimum absolute atomic E-state index is 0.0753. The van der Waals surface area contributed by atoms with Crippen molar-refractivity contribution in [3.63, 3.8) is 0 Å². The molecule has 0 amide bonds. The fourth-order valence-corrected chi connectivity index (χ4v) is 3.13. The molecule has 1 N–H and O–H groups in total. The Morgan fingerprint density at radius 2 is 2.00 bits per heavy atom. The van der Waals surface area contributed by atoms with E-state index in [0.29, 0.717) is 0 Å². The summed E-state index contributed by atoms with van der Waals surface area (Å²) in [4.78, 5) is 2.61. The van der Waals surface area contributed by atoms with Crippen LogP contribution in [-0.2, 0) is 7.05 Å². The molecule has 108 valence electrons. The maximum atomic E-state index is 4.09. The van der Waals surface area contributed by atoms with Gasteiger partial charge in [-0.3, -0.25) is 9.58 Å². The van der Waals surface area contributed by atoms with Gasteiger partial charge in [0, 0.05) is 12.6 Å². The number of likely N-dealkylation sites (N-methyl/N-ethyl adjacent to an activating group) is 1. The third-order valence-corrected chi connectivity index (χ3v) is 4.33. The van der Waals surface area contributed by atoms with Crippen LogP contribution in [0.2, 0.25) is 0 Å². The van der Waals surface area contributed by atoms with E-state index in [0.717, 1.165) is 12.2 Å². The summed E-state index contributed by atoms with van der Waals surface area (Å²) in [6.07, 6.45) is 5.88. The topological polar surface area (TPSA) is 46.0 Å². The fourth-order valence-electron chi connectivity index (χ4n) is 3.13. The summed E-state index contributed by atoms with van der Waals surface area (Å²) in [7, 11) is 1.97. The number of likely N-dealkylation sites (tertiary alicyclic amines) is 1. The molecule has 1 aromatic heterocycles. The number of rotatable bonds is 5. The van der Waals surface area contributed by atoms with E-state index in [4.69, 9.17) is 0 Å². The quantitative estimate of drug-likeness (QED) is 0.881. The van der Waals surface area contributed by atoms with Crippen LogP contribution >= 0.6 is 0 Å². The van der Waals surface area contributed by atoms with Crippen LogP contribution in [0.3, 0.4) is 0 Å². The summed E-state index contributed by atoms with van der Waals surface area (Å²) in [6, 6.07) is 0.260. The van der Waals surface area contributed by atoms with Crippen molar-refractivity contribution < 1.29 is 0 Å². The molecular weight excluding hydrogens is 238 g/mol. The molecule has 0 aromatic carbocycles. The highest BCUT2D eigenvalue weighted by Crippen LogP contribution is 2.32. The van der Waals surface area contributed by atoms with Crippen LogP contribution in [0.4, 0.5) is 0 Å². The highest BCUT2D eigenvalue weighted by molar-refractivity contribution is 5.11. The van der Waals surface area contributed by atoms with Crippen LogP contribution in [0.15, 0.2) is 6.20 Å². The Bertz CT molecular complexity index is 392. The van der Waals surface area contributed by atoms with Gasteiger partial charge in [0.15, 0.2) is 0 Å². The Morgan fingerprint density at radius 1 is 1.32 bits per heavy atom. The lowest BCUT2D eigenvalue weighted by Gasteiger charge is -2.46. The Hall–Kier alpha value is -0.940. The molecule has 0 aliphatic carbocycles. The van der Waals surface area contributed by atoms with E-state index in [1.54, 1.807) is 0 Å². The number of nitrogens with one attached hydrogen (secondary N) is 1. The van der Waals surface area contributed by atoms with Crippen LogP contribution in [0.1, 0.15) is 51.8 Å². The second-order valence-corrected chi connectivity index (χ2v) is 5.97. The van der Waals surface area contributed by atoms with Gasteiger partial charge in [-0.15, -0.1) is 5.10 Å². The predicted molar refractivity (Wildman–Crippen MR) is 76.9 cm³/mol. The predicted octanol–water partition coefficient (Wildman–Crippen LogP) is 1.73. The molecule has 19 heavy (non-hydrogen) atoms. The third kappa shape index (κ3) is 2.98. The van der Waals surface area contributed by atoms with Crippen molar-refractivity contribution in [1.82, 2.24) is 25.2 Å². The molecule has 2 heterocycles. The van der Waals surface area contributed by atoms with E-state index in [2.05, 4.69) is 41.3 Å². The van der Waals surface area contributed by atoms with Gasteiger partial charge in [-0.25, -0.2) is 0 Å². The number of piperidine rings is 1. The summed E-state index contributed by atoms with van der Waals surface area (Å²) in [5, 5.41) is 11.7. The molecule has 0 saturated carbocycles. The molecule has 1 aromatic rings. The van der Waals surface area contributed by atoms with Gasteiger partial charge in [0.2, 0.25) is 0 Å². The first-order valence-corrected chi connectivity index (χ1v) is 7.40. The third-order valence-electron chi connectivity index (χ3n) is 4.33. The van der Waals surface area contributed by atoms with Crippen molar-refractivity contribution >= 4 is 0 Å². The molecular formula is C14H27N5. The van der Waals surface area contributed by atoms with Crippen molar-refractivity contribution in [2.24, 2.45) is 7.05 Å². The minimum atomic E-state index is 0.0753. The van der Waals surface area contributed by atoms with Gasteiger partial charge in [0.1, 0.15) is 0 Å². The van der Waals surface area contributed by atoms with Crippen molar-refractivity contribution in [1.29, 1.82) is 0 Å².